The van der Waals surface area contributed by atoms with Crippen molar-refractivity contribution in [2.75, 3.05) is 5.73 Å². The van der Waals surface area contributed by atoms with E-state index in [1.54, 1.807) is 19.1 Å². The summed E-state index contributed by atoms with van der Waals surface area (Å²) in [5.74, 6) is -2.44. The zero-order chi connectivity index (χ0) is 10.9. The maximum absolute atomic E-state index is 11.2. The summed E-state index contributed by atoms with van der Waals surface area (Å²) >= 11 is 0. The lowest BCUT2D eigenvalue weighted by atomic mass is 10.00. The molecule has 1 rings (SSSR count). The Morgan fingerprint density at radius 3 is 2.29 bits per heavy atom. The Kier molecular flexibility index (Phi) is 2.56. The Labute approximate surface area is 81.3 Å². The van der Waals surface area contributed by atoms with Gasteiger partial charge in [-0.25, -0.2) is 4.79 Å². The number of hydrogen-bond acceptors (Lipinski definition) is 3. The molecule has 0 bridgehead atoms. The number of rotatable bonds is 2. The fourth-order valence-corrected chi connectivity index (χ4v) is 1.42. The zero-order valence-corrected chi connectivity index (χ0v) is 8.00. The molecular formula is C10H11NO3. The predicted octanol–water partition coefficient (Wildman–Crippen LogP) is 1.15. The number of ketones is 1. The summed E-state index contributed by atoms with van der Waals surface area (Å²) in [5, 5.41) is 8.55. The number of Topliss-reactive ketones (excluding diaryl/α,β-unsaturated/α-hetero) is 1. The Balaban J connectivity index is 3.35. The Bertz CT molecular complexity index is 387. The fraction of sp³-hybridized carbons (Fsp3) is 0.200. The van der Waals surface area contributed by atoms with Gasteiger partial charge < -0.3 is 10.8 Å². The number of aliphatic carboxylic acids is 1. The summed E-state index contributed by atoms with van der Waals surface area (Å²) < 4.78 is 0. The zero-order valence-electron chi connectivity index (χ0n) is 8.00. The molecule has 0 saturated carbocycles. The van der Waals surface area contributed by atoms with E-state index in [2.05, 4.69) is 0 Å². The van der Waals surface area contributed by atoms with Gasteiger partial charge in [-0.15, -0.1) is 0 Å². The number of carboxylic acids is 1. The summed E-state index contributed by atoms with van der Waals surface area (Å²) in [7, 11) is 0. The smallest absolute Gasteiger partial charge is 0.377 e. The molecule has 0 saturated heterocycles. The molecule has 0 unspecified atom stereocenters. The maximum atomic E-state index is 11.2. The number of carbonyl (C=O) groups is 2. The highest BCUT2D eigenvalue weighted by atomic mass is 16.4. The molecule has 1 aromatic carbocycles. The molecular weight excluding hydrogens is 182 g/mol. The highest BCUT2D eigenvalue weighted by Gasteiger charge is 2.19. The molecule has 0 heterocycles. The minimum Gasteiger partial charge on any atom is -0.475 e. The van der Waals surface area contributed by atoms with Crippen LogP contribution in [0.25, 0.3) is 0 Å². The lowest BCUT2D eigenvalue weighted by Crippen LogP contribution is -2.16. The van der Waals surface area contributed by atoms with E-state index in [9.17, 15) is 9.59 Å². The summed E-state index contributed by atoms with van der Waals surface area (Å²) in [6, 6.07) is 3.32. The monoisotopic (exact) mass is 193 g/mol. The molecule has 0 atom stereocenters. The highest BCUT2D eigenvalue weighted by Crippen LogP contribution is 2.19. The number of carbonyl (C=O) groups excluding carboxylic acids is 1. The first kappa shape index (κ1) is 10.2. The summed E-state index contributed by atoms with van der Waals surface area (Å²) in [5.41, 5.74) is 7.38. The first-order valence-corrected chi connectivity index (χ1v) is 4.08. The molecule has 0 aliphatic rings. The molecule has 1 aromatic rings. The third-order valence-corrected chi connectivity index (χ3v) is 1.93. The fourth-order valence-electron chi connectivity index (χ4n) is 1.42. The molecule has 14 heavy (non-hydrogen) atoms. The number of nitrogen functional groups attached to an aromatic ring is 1. The summed E-state index contributed by atoms with van der Waals surface area (Å²) in [6.07, 6.45) is 0. The van der Waals surface area contributed by atoms with Crippen LogP contribution in [0.1, 0.15) is 21.5 Å². The standard InChI is InChI=1S/C10H11NO3/c1-5-3-6(2)8(7(11)4-5)9(12)10(13)14/h3-4H,11H2,1-2H3,(H,13,14). The van der Waals surface area contributed by atoms with Crippen molar-refractivity contribution in [2.24, 2.45) is 0 Å². The van der Waals surface area contributed by atoms with Crippen molar-refractivity contribution in [3.63, 3.8) is 0 Å². The van der Waals surface area contributed by atoms with Crippen molar-refractivity contribution in [1.29, 1.82) is 0 Å². The average molecular weight is 193 g/mol. The van der Waals surface area contributed by atoms with Crippen molar-refractivity contribution >= 4 is 17.4 Å². The second-order valence-electron chi connectivity index (χ2n) is 3.18. The maximum Gasteiger partial charge on any atom is 0.377 e. The number of nitrogens with two attached hydrogens (primary N) is 1. The minimum absolute atomic E-state index is 0.0862. The van der Waals surface area contributed by atoms with Gasteiger partial charge in [-0.3, -0.25) is 4.79 Å². The first-order valence-electron chi connectivity index (χ1n) is 4.08. The van der Waals surface area contributed by atoms with Crippen LogP contribution in [-0.4, -0.2) is 16.9 Å². The van der Waals surface area contributed by atoms with Crippen LogP contribution in [0.2, 0.25) is 0 Å². The van der Waals surface area contributed by atoms with Gasteiger partial charge in [0.15, 0.2) is 0 Å². The van der Waals surface area contributed by atoms with Crippen LogP contribution in [0.4, 0.5) is 5.69 Å². The number of anilines is 1. The van der Waals surface area contributed by atoms with E-state index in [1.165, 1.54) is 0 Å². The molecule has 3 N–H and O–H groups in total. The number of aryl methyl sites for hydroxylation is 2. The van der Waals surface area contributed by atoms with Crippen LogP contribution in [0.3, 0.4) is 0 Å². The largest absolute Gasteiger partial charge is 0.475 e. The van der Waals surface area contributed by atoms with E-state index in [4.69, 9.17) is 10.8 Å². The topological polar surface area (TPSA) is 80.4 Å². The van der Waals surface area contributed by atoms with E-state index in [1.807, 2.05) is 6.92 Å². The number of carboxylic acid groups (broad SMARTS) is 1. The van der Waals surface area contributed by atoms with E-state index in [0.717, 1.165) is 5.56 Å². The van der Waals surface area contributed by atoms with Gasteiger partial charge in [0.1, 0.15) is 0 Å². The van der Waals surface area contributed by atoms with E-state index in [-0.39, 0.29) is 11.3 Å². The lowest BCUT2D eigenvalue weighted by molar-refractivity contribution is -0.131. The van der Waals surface area contributed by atoms with Crippen molar-refractivity contribution in [1.82, 2.24) is 0 Å². The van der Waals surface area contributed by atoms with E-state index < -0.39 is 11.8 Å². The Morgan fingerprint density at radius 2 is 1.86 bits per heavy atom. The predicted molar refractivity (Wildman–Crippen MR) is 52.3 cm³/mol. The van der Waals surface area contributed by atoms with Crippen molar-refractivity contribution in [2.45, 2.75) is 13.8 Å². The average Bonchev–Trinajstić information content (AvgIpc) is 2.01. The van der Waals surface area contributed by atoms with Crippen LogP contribution < -0.4 is 5.73 Å². The molecule has 4 nitrogen and oxygen atoms in total. The van der Waals surface area contributed by atoms with Crippen LogP contribution >= 0.6 is 0 Å². The molecule has 0 aliphatic heterocycles. The SMILES string of the molecule is Cc1cc(C)c(C(=O)C(=O)O)c(N)c1. The Hall–Kier alpha value is -1.84. The molecule has 0 radical (unpaired) electrons. The van der Waals surface area contributed by atoms with E-state index >= 15 is 0 Å². The molecule has 0 aromatic heterocycles. The number of benzene rings is 1. The first-order chi connectivity index (χ1) is 6.43. The van der Waals surface area contributed by atoms with Gasteiger partial charge >= 0.3 is 5.97 Å². The van der Waals surface area contributed by atoms with Crippen LogP contribution in [0.15, 0.2) is 12.1 Å². The second-order valence-corrected chi connectivity index (χ2v) is 3.18. The van der Waals surface area contributed by atoms with Crippen molar-refractivity contribution in [3.05, 3.63) is 28.8 Å². The quantitative estimate of drug-likeness (QED) is 0.419. The molecule has 0 aliphatic carbocycles. The van der Waals surface area contributed by atoms with Crippen molar-refractivity contribution in [3.8, 4) is 0 Å². The molecule has 74 valence electrons. The van der Waals surface area contributed by atoms with Gasteiger partial charge in [0.25, 0.3) is 5.78 Å². The summed E-state index contributed by atoms with van der Waals surface area (Å²) in [4.78, 5) is 21.7. The molecule has 0 amide bonds. The normalized spacial score (nSPS) is 9.86. The van der Waals surface area contributed by atoms with Crippen LogP contribution in [0, 0.1) is 13.8 Å². The highest BCUT2D eigenvalue weighted by molar-refractivity contribution is 6.41. The van der Waals surface area contributed by atoms with Gasteiger partial charge in [-0.2, -0.15) is 0 Å². The lowest BCUT2D eigenvalue weighted by Gasteiger charge is -2.07. The van der Waals surface area contributed by atoms with Gasteiger partial charge in [0.2, 0.25) is 0 Å². The minimum atomic E-state index is -1.48. The molecule has 0 spiro atoms. The molecule has 4 heteroatoms. The van der Waals surface area contributed by atoms with E-state index in [0.29, 0.717) is 5.56 Å². The summed E-state index contributed by atoms with van der Waals surface area (Å²) in [6.45, 7) is 3.50. The second kappa shape index (κ2) is 3.49. The molecule has 0 fully saturated rings. The Morgan fingerprint density at radius 1 is 1.29 bits per heavy atom. The van der Waals surface area contributed by atoms with Gasteiger partial charge in [-0.1, -0.05) is 6.07 Å². The van der Waals surface area contributed by atoms with Gasteiger partial charge in [-0.05, 0) is 31.0 Å². The van der Waals surface area contributed by atoms with Gasteiger partial charge in [0, 0.05) is 5.69 Å². The van der Waals surface area contributed by atoms with Gasteiger partial charge in [0.05, 0.1) is 5.56 Å². The van der Waals surface area contributed by atoms with Crippen LogP contribution in [-0.2, 0) is 4.79 Å². The third-order valence-electron chi connectivity index (χ3n) is 1.93. The van der Waals surface area contributed by atoms with Crippen molar-refractivity contribution < 1.29 is 14.7 Å². The number of hydrogen-bond donors (Lipinski definition) is 2. The van der Waals surface area contributed by atoms with Crippen LogP contribution in [0.5, 0.6) is 0 Å². The third kappa shape index (κ3) is 1.74.